The van der Waals surface area contributed by atoms with E-state index in [4.69, 9.17) is 21.1 Å². The van der Waals surface area contributed by atoms with Gasteiger partial charge in [-0.2, -0.15) is 0 Å². The zero-order valence-electron chi connectivity index (χ0n) is 17.5. The van der Waals surface area contributed by atoms with Gasteiger partial charge in [-0.05, 0) is 67.4 Å². The van der Waals surface area contributed by atoms with Crippen molar-refractivity contribution in [2.75, 3.05) is 38.7 Å². The molecule has 2 aromatic carbocycles. The fourth-order valence-corrected chi connectivity index (χ4v) is 3.82. The van der Waals surface area contributed by atoms with Gasteiger partial charge in [-0.25, -0.2) is 0 Å². The van der Waals surface area contributed by atoms with Gasteiger partial charge in [0.25, 0.3) is 5.91 Å². The first-order valence-corrected chi connectivity index (χ1v) is 10.8. The van der Waals surface area contributed by atoms with Gasteiger partial charge in [-0.3, -0.25) is 9.69 Å². The number of ether oxygens (including phenoxy) is 2. The second kappa shape index (κ2) is 9.90. The molecule has 1 aliphatic heterocycles. The largest absolute Gasteiger partial charge is 0.493 e. The molecule has 4 rings (SSSR count). The van der Waals surface area contributed by atoms with Crippen molar-refractivity contribution in [3.8, 4) is 22.6 Å². The van der Waals surface area contributed by atoms with Crippen molar-refractivity contribution >= 4 is 23.2 Å². The Morgan fingerprint density at radius 3 is 2.58 bits per heavy atom. The number of methoxy groups -OCH3 is 1. The van der Waals surface area contributed by atoms with Gasteiger partial charge in [0.1, 0.15) is 12.3 Å². The van der Waals surface area contributed by atoms with Crippen LogP contribution in [0.4, 0.5) is 5.69 Å². The first kappa shape index (κ1) is 21.3. The number of hydrogen-bond donors (Lipinski definition) is 2. The summed E-state index contributed by atoms with van der Waals surface area (Å²) in [5.41, 5.74) is 3.02. The highest BCUT2D eigenvalue weighted by molar-refractivity contribution is 6.30. The van der Waals surface area contributed by atoms with Crippen molar-refractivity contribution in [1.82, 2.24) is 9.88 Å². The molecule has 6 nitrogen and oxygen atoms in total. The summed E-state index contributed by atoms with van der Waals surface area (Å²) in [4.78, 5) is 18.1. The fraction of sp³-hybridized carbons (Fsp3) is 0.292. The first-order chi connectivity index (χ1) is 15.1. The Bertz CT molecular complexity index is 1030. The van der Waals surface area contributed by atoms with Crippen LogP contribution in [0.15, 0.2) is 54.7 Å². The maximum absolute atomic E-state index is 12.7. The molecule has 1 amide bonds. The summed E-state index contributed by atoms with van der Waals surface area (Å²) in [6.45, 7) is 3.72. The van der Waals surface area contributed by atoms with Gasteiger partial charge in [-0.1, -0.05) is 23.7 Å². The summed E-state index contributed by atoms with van der Waals surface area (Å²) in [7, 11) is 1.61. The van der Waals surface area contributed by atoms with E-state index in [1.165, 1.54) is 12.8 Å². The standard InChI is InChI=1S/C24H26ClN3O3/c1-30-22-9-8-20(15-23(22)31-13-12-28-10-2-3-11-28)27-24(29)21-14-18(16-26-21)17-4-6-19(25)7-5-17/h4-9,14-16,26H,2-3,10-13H2,1H3,(H,27,29). The van der Waals surface area contributed by atoms with Crippen LogP contribution < -0.4 is 14.8 Å². The fourth-order valence-electron chi connectivity index (χ4n) is 3.69. The maximum Gasteiger partial charge on any atom is 0.272 e. The van der Waals surface area contributed by atoms with Crippen LogP contribution in [-0.4, -0.2) is 49.1 Å². The summed E-state index contributed by atoms with van der Waals surface area (Å²) in [5.74, 6) is 1.03. The van der Waals surface area contributed by atoms with Crippen LogP contribution in [0, 0.1) is 0 Å². The molecule has 2 heterocycles. The molecule has 7 heteroatoms. The molecule has 1 fully saturated rings. The van der Waals surface area contributed by atoms with E-state index in [2.05, 4.69) is 15.2 Å². The number of amides is 1. The second-order valence-electron chi connectivity index (χ2n) is 7.53. The molecule has 0 atom stereocenters. The van der Waals surface area contributed by atoms with Crippen molar-refractivity contribution in [2.24, 2.45) is 0 Å². The molecule has 0 radical (unpaired) electrons. The molecule has 0 unspecified atom stereocenters. The van der Waals surface area contributed by atoms with Crippen LogP contribution in [0.25, 0.3) is 11.1 Å². The summed E-state index contributed by atoms with van der Waals surface area (Å²) in [6, 6.07) is 14.7. The third-order valence-electron chi connectivity index (χ3n) is 5.39. The second-order valence-corrected chi connectivity index (χ2v) is 7.96. The Labute approximate surface area is 187 Å². The molecule has 0 bridgehead atoms. The number of carbonyl (C=O) groups excluding carboxylic acids is 1. The number of H-pyrrole nitrogens is 1. The molecule has 31 heavy (non-hydrogen) atoms. The minimum atomic E-state index is -0.228. The Hall–Kier alpha value is -2.96. The van der Waals surface area contributed by atoms with Crippen molar-refractivity contribution in [3.63, 3.8) is 0 Å². The van der Waals surface area contributed by atoms with E-state index in [1.807, 2.05) is 30.3 Å². The number of aromatic amines is 1. The summed E-state index contributed by atoms with van der Waals surface area (Å²) in [6.07, 6.45) is 4.31. The minimum absolute atomic E-state index is 0.228. The number of hydrogen-bond acceptors (Lipinski definition) is 4. The van der Waals surface area contributed by atoms with Crippen molar-refractivity contribution in [3.05, 3.63) is 65.4 Å². The lowest BCUT2D eigenvalue weighted by Crippen LogP contribution is -2.25. The average molecular weight is 440 g/mol. The highest BCUT2D eigenvalue weighted by Gasteiger charge is 2.14. The molecule has 1 aliphatic rings. The van der Waals surface area contributed by atoms with E-state index >= 15 is 0 Å². The Morgan fingerprint density at radius 1 is 1.06 bits per heavy atom. The molecule has 0 aliphatic carbocycles. The number of carbonyl (C=O) groups is 1. The Balaban J connectivity index is 1.41. The number of nitrogens with one attached hydrogen (secondary N) is 2. The van der Waals surface area contributed by atoms with Crippen LogP contribution in [0.5, 0.6) is 11.5 Å². The van der Waals surface area contributed by atoms with E-state index in [-0.39, 0.29) is 5.91 Å². The summed E-state index contributed by atoms with van der Waals surface area (Å²) >= 11 is 5.95. The lowest BCUT2D eigenvalue weighted by Gasteiger charge is -2.17. The average Bonchev–Trinajstić information content (AvgIpc) is 3.47. The Morgan fingerprint density at radius 2 is 1.84 bits per heavy atom. The van der Waals surface area contributed by atoms with Crippen LogP contribution >= 0.6 is 11.6 Å². The third-order valence-corrected chi connectivity index (χ3v) is 5.64. The topological polar surface area (TPSA) is 66.6 Å². The van der Waals surface area contributed by atoms with Crippen molar-refractivity contribution in [1.29, 1.82) is 0 Å². The van der Waals surface area contributed by atoms with Gasteiger partial charge in [0.05, 0.1) is 7.11 Å². The summed E-state index contributed by atoms with van der Waals surface area (Å²) in [5, 5.41) is 3.59. The number of nitrogens with zero attached hydrogens (tertiary/aromatic N) is 1. The molecule has 2 N–H and O–H groups in total. The number of halogens is 1. The molecule has 0 saturated carbocycles. The number of aromatic nitrogens is 1. The quantitative estimate of drug-likeness (QED) is 0.514. The van der Waals surface area contributed by atoms with Crippen LogP contribution in [0.3, 0.4) is 0 Å². The van der Waals surface area contributed by atoms with Gasteiger partial charge in [-0.15, -0.1) is 0 Å². The molecule has 3 aromatic rings. The zero-order chi connectivity index (χ0) is 21.6. The van der Waals surface area contributed by atoms with E-state index in [0.29, 0.717) is 34.5 Å². The maximum atomic E-state index is 12.7. The third kappa shape index (κ3) is 5.40. The molecule has 1 aromatic heterocycles. The SMILES string of the molecule is COc1ccc(NC(=O)c2cc(-c3ccc(Cl)cc3)c[nH]2)cc1OCCN1CCCC1. The van der Waals surface area contributed by atoms with Gasteiger partial charge in [0.2, 0.25) is 0 Å². The minimum Gasteiger partial charge on any atom is -0.493 e. The van der Waals surface area contributed by atoms with E-state index in [9.17, 15) is 4.79 Å². The van der Waals surface area contributed by atoms with Gasteiger partial charge in [0, 0.05) is 29.5 Å². The van der Waals surface area contributed by atoms with E-state index in [0.717, 1.165) is 30.8 Å². The smallest absolute Gasteiger partial charge is 0.272 e. The lowest BCUT2D eigenvalue weighted by molar-refractivity contribution is 0.102. The number of anilines is 1. The predicted molar refractivity (Wildman–Crippen MR) is 123 cm³/mol. The molecular formula is C24H26ClN3O3. The van der Waals surface area contributed by atoms with Gasteiger partial charge in [0.15, 0.2) is 11.5 Å². The number of likely N-dealkylation sites (tertiary alicyclic amines) is 1. The van der Waals surface area contributed by atoms with Crippen molar-refractivity contribution < 1.29 is 14.3 Å². The van der Waals surface area contributed by atoms with Gasteiger partial charge >= 0.3 is 0 Å². The normalized spacial score (nSPS) is 13.9. The molecular weight excluding hydrogens is 414 g/mol. The Kier molecular flexibility index (Phi) is 6.79. The number of rotatable bonds is 8. The predicted octanol–water partition coefficient (Wildman–Crippen LogP) is 5.07. The van der Waals surface area contributed by atoms with Gasteiger partial charge < -0.3 is 19.8 Å². The molecule has 162 valence electrons. The summed E-state index contributed by atoms with van der Waals surface area (Å²) < 4.78 is 11.4. The zero-order valence-corrected chi connectivity index (χ0v) is 18.2. The number of benzene rings is 2. The van der Waals surface area contributed by atoms with Crippen LogP contribution in [0.2, 0.25) is 5.02 Å². The van der Waals surface area contributed by atoms with E-state index < -0.39 is 0 Å². The lowest BCUT2D eigenvalue weighted by atomic mass is 10.1. The monoisotopic (exact) mass is 439 g/mol. The molecule has 0 spiro atoms. The van der Waals surface area contributed by atoms with Crippen LogP contribution in [-0.2, 0) is 0 Å². The van der Waals surface area contributed by atoms with Crippen LogP contribution in [0.1, 0.15) is 23.3 Å². The van der Waals surface area contributed by atoms with E-state index in [1.54, 1.807) is 31.5 Å². The molecule has 1 saturated heterocycles. The highest BCUT2D eigenvalue weighted by Crippen LogP contribution is 2.31. The first-order valence-electron chi connectivity index (χ1n) is 10.4. The van der Waals surface area contributed by atoms with Crippen molar-refractivity contribution in [2.45, 2.75) is 12.8 Å². The highest BCUT2D eigenvalue weighted by atomic mass is 35.5.